The van der Waals surface area contributed by atoms with Crippen molar-refractivity contribution >= 4 is 5.91 Å². The third-order valence-electron chi connectivity index (χ3n) is 5.83. The predicted octanol–water partition coefficient (Wildman–Crippen LogP) is 3.45. The maximum Gasteiger partial charge on any atom is 0.253 e. The van der Waals surface area contributed by atoms with Crippen molar-refractivity contribution in [3.63, 3.8) is 0 Å². The molecule has 2 fully saturated rings. The Labute approximate surface area is 190 Å². The molecule has 2 aliphatic heterocycles. The molecule has 0 spiro atoms. The van der Waals surface area contributed by atoms with Gasteiger partial charge < -0.3 is 23.5 Å². The summed E-state index contributed by atoms with van der Waals surface area (Å²) < 4.78 is 36.7. The van der Waals surface area contributed by atoms with Gasteiger partial charge in [-0.1, -0.05) is 0 Å². The topological polar surface area (TPSA) is 86.9 Å². The molecule has 2 saturated heterocycles. The van der Waals surface area contributed by atoms with Crippen LogP contribution >= 0.6 is 0 Å². The van der Waals surface area contributed by atoms with Crippen molar-refractivity contribution in [2.24, 2.45) is 5.41 Å². The van der Waals surface area contributed by atoms with E-state index in [0.717, 1.165) is 5.56 Å². The molecule has 2 aliphatic rings. The summed E-state index contributed by atoms with van der Waals surface area (Å²) in [6.07, 6.45) is 2.45. The van der Waals surface area contributed by atoms with Gasteiger partial charge >= 0.3 is 0 Å². The fourth-order valence-corrected chi connectivity index (χ4v) is 3.96. The van der Waals surface area contributed by atoms with E-state index in [1.807, 2.05) is 6.92 Å². The van der Waals surface area contributed by atoms with Gasteiger partial charge in [-0.3, -0.25) is 9.78 Å². The van der Waals surface area contributed by atoms with Gasteiger partial charge in [0, 0.05) is 36.6 Å². The first kappa shape index (κ1) is 21.7. The van der Waals surface area contributed by atoms with E-state index >= 15 is 0 Å². The lowest BCUT2D eigenvalue weighted by Gasteiger charge is -2.39. The van der Waals surface area contributed by atoms with Crippen LogP contribution in [0.1, 0.15) is 19.1 Å². The minimum atomic E-state index is -0.856. The van der Waals surface area contributed by atoms with Crippen LogP contribution in [0, 0.1) is 11.2 Å². The van der Waals surface area contributed by atoms with E-state index in [4.69, 9.17) is 18.6 Å². The molecule has 8 nitrogen and oxygen atoms in total. The number of oxazole rings is 1. The fourth-order valence-electron chi connectivity index (χ4n) is 3.96. The highest BCUT2D eigenvalue weighted by Gasteiger charge is 2.43. The quantitative estimate of drug-likeness (QED) is 0.598. The fraction of sp³-hybridized carbons (Fsp3) is 0.375. The molecule has 0 unspecified atom stereocenters. The van der Waals surface area contributed by atoms with Gasteiger partial charge in [-0.15, -0.1) is 0 Å². The molecule has 5 rings (SSSR count). The van der Waals surface area contributed by atoms with Crippen LogP contribution in [-0.2, 0) is 19.0 Å². The van der Waals surface area contributed by atoms with Gasteiger partial charge in [0.15, 0.2) is 5.76 Å². The molecule has 9 heteroatoms. The maximum absolute atomic E-state index is 13.5. The average molecular weight is 453 g/mol. The Balaban J connectivity index is 1.39. The standard InChI is InChI=1S/C24H24FN3O5/c1-24(23(29)28-10-12-30-13-11-28)14-31-22(32-15-24)21-27-19(16-2-4-18(25)5-3-16)20(33-21)17-6-8-26-9-7-17/h2-9,22H,10-15H2,1H3. The van der Waals surface area contributed by atoms with Crippen molar-refractivity contribution in [1.82, 2.24) is 14.9 Å². The van der Waals surface area contributed by atoms with E-state index in [1.165, 1.54) is 12.1 Å². The van der Waals surface area contributed by atoms with Gasteiger partial charge in [0.2, 0.25) is 12.2 Å². The predicted molar refractivity (Wildman–Crippen MR) is 115 cm³/mol. The molecule has 0 aliphatic carbocycles. The highest BCUT2D eigenvalue weighted by atomic mass is 19.1. The van der Waals surface area contributed by atoms with Crippen LogP contribution in [-0.4, -0.2) is 60.3 Å². The zero-order valence-corrected chi connectivity index (χ0v) is 18.2. The number of benzene rings is 1. The zero-order valence-electron chi connectivity index (χ0n) is 18.2. The minimum absolute atomic E-state index is 0.0128. The lowest BCUT2D eigenvalue weighted by molar-refractivity contribution is -0.239. The summed E-state index contributed by atoms with van der Waals surface area (Å²) in [6.45, 7) is 4.38. The molecule has 0 N–H and O–H groups in total. The number of aromatic nitrogens is 2. The van der Waals surface area contributed by atoms with Crippen LogP contribution in [0.4, 0.5) is 4.39 Å². The minimum Gasteiger partial charge on any atom is -0.435 e. The Morgan fingerprint density at radius 1 is 1.03 bits per heavy atom. The number of carbonyl (C=O) groups is 1. The second-order valence-electron chi connectivity index (χ2n) is 8.39. The summed E-state index contributed by atoms with van der Waals surface area (Å²) in [4.78, 5) is 23.5. The summed E-state index contributed by atoms with van der Waals surface area (Å²) in [7, 11) is 0. The number of halogens is 1. The molecule has 33 heavy (non-hydrogen) atoms. The number of carbonyl (C=O) groups excluding carboxylic acids is 1. The summed E-state index contributed by atoms with van der Waals surface area (Å²) in [5.41, 5.74) is 1.21. The average Bonchev–Trinajstić information content (AvgIpc) is 3.31. The van der Waals surface area contributed by atoms with Crippen LogP contribution in [0.15, 0.2) is 53.2 Å². The van der Waals surface area contributed by atoms with Gasteiger partial charge in [-0.05, 0) is 43.3 Å². The van der Waals surface area contributed by atoms with E-state index < -0.39 is 11.7 Å². The molecule has 1 amide bonds. The lowest BCUT2D eigenvalue weighted by Crippen LogP contribution is -2.53. The van der Waals surface area contributed by atoms with Gasteiger partial charge in [0.25, 0.3) is 5.89 Å². The number of ether oxygens (including phenoxy) is 3. The van der Waals surface area contributed by atoms with Gasteiger partial charge in [0.05, 0.1) is 31.8 Å². The zero-order chi connectivity index (χ0) is 22.8. The summed E-state index contributed by atoms with van der Waals surface area (Å²) in [6, 6.07) is 9.63. The first-order chi connectivity index (χ1) is 16.0. The molecule has 0 bridgehead atoms. The van der Waals surface area contributed by atoms with Crippen molar-refractivity contribution in [2.75, 3.05) is 39.5 Å². The SMILES string of the molecule is CC1(C(=O)N2CCOCC2)COC(c2nc(-c3ccc(F)cc3)c(-c3ccncc3)o2)OC1. The number of hydrogen-bond acceptors (Lipinski definition) is 7. The van der Waals surface area contributed by atoms with Crippen molar-refractivity contribution in [2.45, 2.75) is 13.2 Å². The van der Waals surface area contributed by atoms with Gasteiger partial charge in [-0.25, -0.2) is 9.37 Å². The van der Waals surface area contributed by atoms with Gasteiger partial charge in [0.1, 0.15) is 11.5 Å². The van der Waals surface area contributed by atoms with Crippen molar-refractivity contribution < 1.29 is 27.8 Å². The first-order valence-corrected chi connectivity index (χ1v) is 10.8. The molecule has 0 saturated carbocycles. The first-order valence-electron chi connectivity index (χ1n) is 10.8. The number of morpholine rings is 1. The molecular formula is C24H24FN3O5. The normalized spacial score (nSPS) is 23.5. The molecule has 3 aromatic rings. The summed E-state index contributed by atoms with van der Waals surface area (Å²) >= 11 is 0. The van der Waals surface area contributed by atoms with Crippen LogP contribution in [0.25, 0.3) is 22.6 Å². The van der Waals surface area contributed by atoms with Crippen LogP contribution < -0.4 is 0 Å². The van der Waals surface area contributed by atoms with Crippen LogP contribution in [0.5, 0.6) is 0 Å². The molecule has 0 radical (unpaired) electrons. The van der Waals surface area contributed by atoms with Crippen molar-refractivity contribution in [3.8, 4) is 22.6 Å². The molecule has 2 aromatic heterocycles. The number of hydrogen-bond donors (Lipinski definition) is 0. The number of nitrogens with zero attached hydrogens (tertiary/aromatic N) is 3. The second kappa shape index (κ2) is 9.01. The Kier molecular flexibility index (Phi) is 5.92. The number of pyridine rings is 1. The van der Waals surface area contributed by atoms with E-state index in [9.17, 15) is 9.18 Å². The van der Waals surface area contributed by atoms with Crippen LogP contribution in [0.2, 0.25) is 0 Å². The Bertz CT molecular complexity index is 1100. The number of rotatable bonds is 4. The summed E-state index contributed by atoms with van der Waals surface area (Å²) in [5.74, 6) is 0.392. The second-order valence-corrected chi connectivity index (χ2v) is 8.39. The Morgan fingerprint density at radius 3 is 2.36 bits per heavy atom. The van der Waals surface area contributed by atoms with E-state index in [2.05, 4.69) is 9.97 Å². The molecular weight excluding hydrogens is 429 g/mol. The third kappa shape index (κ3) is 4.39. The van der Waals surface area contributed by atoms with E-state index in [0.29, 0.717) is 43.3 Å². The van der Waals surface area contributed by atoms with E-state index in [-0.39, 0.29) is 30.8 Å². The van der Waals surface area contributed by atoms with Crippen molar-refractivity contribution in [3.05, 3.63) is 60.5 Å². The van der Waals surface area contributed by atoms with Crippen molar-refractivity contribution in [1.29, 1.82) is 0 Å². The molecule has 1 aromatic carbocycles. The van der Waals surface area contributed by atoms with Gasteiger partial charge in [-0.2, -0.15) is 0 Å². The molecule has 172 valence electrons. The lowest BCUT2D eigenvalue weighted by atomic mass is 9.90. The Morgan fingerprint density at radius 2 is 1.70 bits per heavy atom. The highest BCUT2D eigenvalue weighted by Crippen LogP contribution is 2.38. The third-order valence-corrected chi connectivity index (χ3v) is 5.83. The van der Waals surface area contributed by atoms with Crippen LogP contribution in [0.3, 0.4) is 0 Å². The largest absolute Gasteiger partial charge is 0.435 e. The molecule has 0 atom stereocenters. The number of amides is 1. The highest BCUT2D eigenvalue weighted by molar-refractivity contribution is 5.83. The Hall–Kier alpha value is -3.14. The molecule has 4 heterocycles. The summed E-state index contributed by atoms with van der Waals surface area (Å²) in [5, 5.41) is 0. The van der Waals surface area contributed by atoms with E-state index in [1.54, 1.807) is 41.6 Å². The smallest absolute Gasteiger partial charge is 0.253 e. The monoisotopic (exact) mass is 453 g/mol. The maximum atomic E-state index is 13.5.